The lowest BCUT2D eigenvalue weighted by Gasteiger charge is -2.12. The SMILES string of the molecule is c1ccc2nc(-c3ccc4c(c3)c3ccccc3c3nc5c6ccccc6c6ccccc6c5n43)ccc2c1. The summed E-state index contributed by atoms with van der Waals surface area (Å²) in [6.07, 6.45) is 0. The quantitative estimate of drug-likeness (QED) is 0.212. The predicted molar refractivity (Wildman–Crippen MR) is 163 cm³/mol. The second-order valence-corrected chi connectivity index (χ2v) is 10.2. The molecular formula is C36H21N3. The second-order valence-electron chi connectivity index (χ2n) is 10.2. The molecule has 3 aromatic heterocycles. The molecule has 0 radical (unpaired) electrons. The van der Waals surface area contributed by atoms with Crippen molar-refractivity contribution in [1.29, 1.82) is 0 Å². The first-order valence-electron chi connectivity index (χ1n) is 13.3. The van der Waals surface area contributed by atoms with E-state index < -0.39 is 0 Å². The molecule has 9 rings (SSSR count). The van der Waals surface area contributed by atoms with E-state index in [1.807, 2.05) is 6.07 Å². The number of imidazole rings is 1. The van der Waals surface area contributed by atoms with Crippen molar-refractivity contribution in [2.24, 2.45) is 0 Å². The Bertz CT molecular complexity index is 2450. The fourth-order valence-electron chi connectivity index (χ4n) is 6.37. The number of hydrogen-bond acceptors (Lipinski definition) is 2. The van der Waals surface area contributed by atoms with Crippen LogP contribution in [0.2, 0.25) is 0 Å². The number of hydrogen-bond donors (Lipinski definition) is 0. The summed E-state index contributed by atoms with van der Waals surface area (Å²) in [5, 5.41) is 9.59. The van der Waals surface area contributed by atoms with Gasteiger partial charge in [0.25, 0.3) is 0 Å². The third-order valence-corrected chi connectivity index (χ3v) is 8.12. The Morgan fingerprint density at radius 2 is 1.10 bits per heavy atom. The zero-order chi connectivity index (χ0) is 25.5. The van der Waals surface area contributed by atoms with Gasteiger partial charge in [0.15, 0.2) is 0 Å². The maximum absolute atomic E-state index is 5.34. The fourth-order valence-corrected chi connectivity index (χ4v) is 6.37. The van der Waals surface area contributed by atoms with Crippen molar-refractivity contribution in [3.63, 3.8) is 0 Å². The standard InChI is InChI=1S/C36H21N3/c1-8-16-31-22(9-1)17-19-32(37-31)23-18-20-33-30(21-23)26-12-4-7-15-29(26)36-38-34-27-13-5-2-10-24(27)25-11-3-6-14-28(25)35(34)39(33)36/h1-21H. The number of aromatic nitrogens is 3. The summed E-state index contributed by atoms with van der Waals surface area (Å²) < 4.78 is 2.37. The van der Waals surface area contributed by atoms with E-state index in [-0.39, 0.29) is 0 Å². The molecule has 0 atom stereocenters. The van der Waals surface area contributed by atoms with Crippen LogP contribution in [0.1, 0.15) is 0 Å². The summed E-state index contributed by atoms with van der Waals surface area (Å²) in [7, 11) is 0. The lowest BCUT2D eigenvalue weighted by Crippen LogP contribution is -1.93. The van der Waals surface area contributed by atoms with Crippen LogP contribution in [-0.4, -0.2) is 14.4 Å². The molecule has 9 aromatic rings. The third kappa shape index (κ3) is 2.82. The van der Waals surface area contributed by atoms with Crippen LogP contribution in [0.25, 0.3) is 82.1 Å². The molecule has 0 amide bonds. The molecule has 0 fully saturated rings. The van der Waals surface area contributed by atoms with Crippen molar-refractivity contribution in [2.45, 2.75) is 0 Å². The number of benzene rings is 6. The van der Waals surface area contributed by atoms with Crippen molar-refractivity contribution < 1.29 is 0 Å². The third-order valence-electron chi connectivity index (χ3n) is 8.12. The van der Waals surface area contributed by atoms with E-state index in [1.165, 1.54) is 32.3 Å². The highest BCUT2D eigenvalue weighted by Crippen LogP contribution is 2.40. The van der Waals surface area contributed by atoms with Gasteiger partial charge in [0, 0.05) is 32.5 Å². The smallest absolute Gasteiger partial charge is 0.146 e. The van der Waals surface area contributed by atoms with Gasteiger partial charge in [-0.25, -0.2) is 9.97 Å². The van der Waals surface area contributed by atoms with Crippen molar-refractivity contribution in [3.05, 3.63) is 127 Å². The van der Waals surface area contributed by atoms with Crippen LogP contribution in [-0.2, 0) is 0 Å². The maximum Gasteiger partial charge on any atom is 0.146 e. The van der Waals surface area contributed by atoms with Crippen molar-refractivity contribution in [1.82, 2.24) is 14.4 Å². The Labute approximate surface area is 223 Å². The number of nitrogens with zero attached hydrogens (tertiary/aromatic N) is 3. The average molecular weight is 496 g/mol. The van der Waals surface area contributed by atoms with E-state index in [0.29, 0.717) is 0 Å². The van der Waals surface area contributed by atoms with E-state index in [1.54, 1.807) is 0 Å². The molecule has 0 aliphatic rings. The minimum Gasteiger partial charge on any atom is -0.291 e. The van der Waals surface area contributed by atoms with Crippen molar-refractivity contribution >= 4 is 70.8 Å². The summed E-state index contributed by atoms with van der Waals surface area (Å²) in [5.41, 5.74) is 7.44. The van der Waals surface area contributed by atoms with Gasteiger partial charge in [-0.3, -0.25) is 4.40 Å². The van der Waals surface area contributed by atoms with Crippen LogP contribution in [0, 0.1) is 0 Å². The molecule has 3 heteroatoms. The topological polar surface area (TPSA) is 30.2 Å². The van der Waals surface area contributed by atoms with Gasteiger partial charge >= 0.3 is 0 Å². The second kappa shape index (κ2) is 7.62. The summed E-state index contributed by atoms with van der Waals surface area (Å²) in [6, 6.07) is 45.3. The molecule has 0 N–H and O–H groups in total. The van der Waals surface area contributed by atoms with Crippen LogP contribution >= 0.6 is 0 Å². The zero-order valence-electron chi connectivity index (χ0n) is 21.0. The molecule has 3 nitrogen and oxygen atoms in total. The van der Waals surface area contributed by atoms with Crippen LogP contribution in [0.15, 0.2) is 127 Å². The number of fused-ring (bicyclic) bond motifs is 14. The Balaban J connectivity index is 1.47. The van der Waals surface area contributed by atoms with Crippen molar-refractivity contribution in [2.75, 3.05) is 0 Å². The summed E-state index contributed by atoms with van der Waals surface area (Å²) in [4.78, 5) is 10.3. The first-order chi connectivity index (χ1) is 19.3. The molecule has 180 valence electrons. The van der Waals surface area contributed by atoms with Gasteiger partial charge in [-0.05, 0) is 40.4 Å². The highest BCUT2D eigenvalue weighted by Gasteiger charge is 2.19. The Hall–Kier alpha value is -5.28. The molecular weight excluding hydrogens is 474 g/mol. The molecule has 0 unspecified atom stereocenters. The summed E-state index contributed by atoms with van der Waals surface area (Å²) in [5.74, 6) is 0. The van der Waals surface area contributed by atoms with Gasteiger partial charge in [-0.1, -0.05) is 103 Å². The van der Waals surface area contributed by atoms with Gasteiger partial charge in [-0.2, -0.15) is 0 Å². The van der Waals surface area contributed by atoms with Crippen LogP contribution in [0.4, 0.5) is 0 Å². The first-order valence-corrected chi connectivity index (χ1v) is 13.3. The largest absolute Gasteiger partial charge is 0.291 e. The van der Waals surface area contributed by atoms with E-state index >= 15 is 0 Å². The van der Waals surface area contributed by atoms with Gasteiger partial charge in [-0.15, -0.1) is 0 Å². The molecule has 0 bridgehead atoms. The number of para-hydroxylation sites is 1. The highest BCUT2D eigenvalue weighted by molar-refractivity contribution is 6.26. The Morgan fingerprint density at radius 1 is 0.462 bits per heavy atom. The maximum atomic E-state index is 5.34. The molecule has 0 spiro atoms. The molecule has 0 aliphatic heterocycles. The fraction of sp³-hybridized carbons (Fsp3) is 0. The van der Waals surface area contributed by atoms with Crippen LogP contribution < -0.4 is 0 Å². The van der Waals surface area contributed by atoms with Crippen LogP contribution in [0.5, 0.6) is 0 Å². The minimum absolute atomic E-state index is 0.978. The van der Waals surface area contributed by atoms with E-state index in [4.69, 9.17) is 9.97 Å². The minimum atomic E-state index is 0.978. The lowest BCUT2D eigenvalue weighted by atomic mass is 9.99. The molecule has 0 saturated carbocycles. The average Bonchev–Trinajstić information content (AvgIpc) is 3.42. The zero-order valence-corrected chi connectivity index (χ0v) is 21.0. The monoisotopic (exact) mass is 495 g/mol. The summed E-state index contributed by atoms with van der Waals surface area (Å²) >= 11 is 0. The van der Waals surface area contributed by atoms with Crippen LogP contribution in [0.3, 0.4) is 0 Å². The van der Waals surface area contributed by atoms with E-state index in [0.717, 1.165) is 49.7 Å². The first kappa shape index (κ1) is 20.7. The molecule has 3 heterocycles. The van der Waals surface area contributed by atoms with Gasteiger partial charge in [0.05, 0.1) is 27.8 Å². The molecule has 0 aliphatic carbocycles. The Morgan fingerprint density at radius 3 is 1.92 bits per heavy atom. The summed E-state index contributed by atoms with van der Waals surface area (Å²) in [6.45, 7) is 0. The number of rotatable bonds is 1. The van der Waals surface area contributed by atoms with Crippen molar-refractivity contribution in [3.8, 4) is 11.3 Å². The molecule has 39 heavy (non-hydrogen) atoms. The van der Waals surface area contributed by atoms with Gasteiger partial charge in [0.2, 0.25) is 0 Å². The molecule has 6 aromatic carbocycles. The van der Waals surface area contributed by atoms with E-state index in [9.17, 15) is 0 Å². The van der Waals surface area contributed by atoms with Gasteiger partial charge < -0.3 is 0 Å². The normalized spacial score (nSPS) is 12.1. The van der Waals surface area contributed by atoms with E-state index in [2.05, 4.69) is 126 Å². The Kier molecular flexibility index (Phi) is 4.05. The lowest BCUT2D eigenvalue weighted by molar-refractivity contribution is 1.32. The van der Waals surface area contributed by atoms with Gasteiger partial charge in [0.1, 0.15) is 5.65 Å². The number of pyridine rings is 2. The molecule has 0 saturated heterocycles. The highest BCUT2D eigenvalue weighted by atomic mass is 15.0. The predicted octanol–water partition coefficient (Wildman–Crippen LogP) is 9.32.